The zero-order valence-electron chi connectivity index (χ0n) is 21.6. The maximum absolute atomic E-state index is 14.2. The first-order valence-corrected chi connectivity index (χ1v) is 14.4. The Balaban J connectivity index is 1.08. The lowest BCUT2D eigenvalue weighted by Gasteiger charge is -2.43. The number of nitrogens with zero attached hydrogens (tertiary/aromatic N) is 4. The van der Waals surface area contributed by atoms with E-state index in [9.17, 15) is 13.6 Å². The number of hydrogen-bond donors (Lipinski definition) is 1. The molecule has 2 aliphatic heterocycles. The number of amides is 1. The van der Waals surface area contributed by atoms with E-state index in [2.05, 4.69) is 40.9 Å². The van der Waals surface area contributed by atoms with Gasteiger partial charge in [0.1, 0.15) is 17.5 Å². The van der Waals surface area contributed by atoms with Crippen LogP contribution in [0, 0.1) is 11.6 Å². The molecule has 1 N–H and O–H groups in total. The highest BCUT2D eigenvalue weighted by molar-refractivity contribution is 9.10. The number of likely N-dealkylation sites (tertiary alicyclic amines) is 1. The van der Waals surface area contributed by atoms with Gasteiger partial charge in [0.25, 0.3) is 5.91 Å². The fourth-order valence-electron chi connectivity index (χ4n) is 5.31. The molecule has 39 heavy (non-hydrogen) atoms. The van der Waals surface area contributed by atoms with Crippen molar-refractivity contribution in [3.63, 3.8) is 0 Å². The van der Waals surface area contributed by atoms with E-state index in [1.807, 2.05) is 12.1 Å². The van der Waals surface area contributed by atoms with Crippen LogP contribution in [0.25, 0.3) is 0 Å². The summed E-state index contributed by atoms with van der Waals surface area (Å²) in [6, 6.07) is 13.5. The molecule has 2 saturated heterocycles. The zero-order chi connectivity index (χ0) is 27.4. The molecule has 0 saturated carbocycles. The molecule has 0 unspecified atom stereocenters. The number of nitrogens with one attached hydrogen (secondary N) is 1. The van der Waals surface area contributed by atoms with Crippen LogP contribution in [0.5, 0.6) is 0 Å². The van der Waals surface area contributed by atoms with Crippen molar-refractivity contribution < 1.29 is 13.6 Å². The fourth-order valence-corrected chi connectivity index (χ4v) is 5.93. The SMILES string of the molecule is O=C(NCc1ccc(F)cc1)c1cnc(N2CCN(C3CCN(Cc4ccc(Br)cc4F)CC3)CC2)c(Cl)c1. The summed E-state index contributed by atoms with van der Waals surface area (Å²) >= 11 is 9.88. The van der Waals surface area contributed by atoms with Crippen LogP contribution in [0.1, 0.15) is 34.3 Å². The molecule has 3 heterocycles. The fraction of sp³-hybridized carbons (Fsp3) is 0.379. The largest absolute Gasteiger partial charge is 0.353 e. The van der Waals surface area contributed by atoms with Gasteiger partial charge in [0, 0.05) is 61.5 Å². The van der Waals surface area contributed by atoms with E-state index in [0.29, 0.717) is 35.5 Å². The Bertz CT molecular complexity index is 1300. The average Bonchev–Trinajstić information content (AvgIpc) is 2.94. The van der Waals surface area contributed by atoms with E-state index in [1.54, 1.807) is 24.4 Å². The summed E-state index contributed by atoms with van der Waals surface area (Å²) in [4.78, 5) is 24.1. The summed E-state index contributed by atoms with van der Waals surface area (Å²) in [5, 5.41) is 3.27. The van der Waals surface area contributed by atoms with Crippen molar-refractivity contribution in [2.45, 2.75) is 32.0 Å². The Morgan fingerprint density at radius 1 is 1.00 bits per heavy atom. The van der Waals surface area contributed by atoms with Crippen molar-refractivity contribution in [2.24, 2.45) is 0 Å². The second-order valence-corrected chi connectivity index (χ2v) is 11.4. The van der Waals surface area contributed by atoms with Gasteiger partial charge in [0.15, 0.2) is 0 Å². The molecule has 0 spiro atoms. The number of aromatic nitrogens is 1. The molecule has 206 valence electrons. The third-order valence-corrected chi connectivity index (χ3v) is 8.32. The van der Waals surface area contributed by atoms with Gasteiger partial charge in [-0.1, -0.05) is 45.7 Å². The van der Waals surface area contributed by atoms with Gasteiger partial charge in [-0.3, -0.25) is 14.6 Å². The molecule has 2 aromatic carbocycles. The molecule has 2 fully saturated rings. The third-order valence-electron chi connectivity index (χ3n) is 7.55. The van der Waals surface area contributed by atoms with Gasteiger partial charge in [-0.05, 0) is 61.8 Å². The van der Waals surface area contributed by atoms with E-state index < -0.39 is 0 Å². The summed E-state index contributed by atoms with van der Waals surface area (Å²) < 4.78 is 28.1. The topological polar surface area (TPSA) is 51.7 Å². The van der Waals surface area contributed by atoms with Crippen molar-refractivity contribution >= 4 is 39.3 Å². The maximum Gasteiger partial charge on any atom is 0.253 e. The number of benzene rings is 2. The summed E-state index contributed by atoms with van der Waals surface area (Å²) in [6.45, 7) is 6.32. The molecule has 0 aliphatic carbocycles. The predicted molar refractivity (Wildman–Crippen MR) is 153 cm³/mol. The van der Waals surface area contributed by atoms with Crippen LogP contribution in [-0.4, -0.2) is 66.0 Å². The number of hydrogen-bond acceptors (Lipinski definition) is 5. The highest BCUT2D eigenvalue weighted by atomic mass is 79.9. The summed E-state index contributed by atoms with van der Waals surface area (Å²) in [5.74, 6) is -0.0566. The van der Waals surface area contributed by atoms with Crippen molar-refractivity contribution in [3.05, 3.63) is 92.5 Å². The lowest BCUT2D eigenvalue weighted by atomic mass is 10.0. The highest BCUT2D eigenvalue weighted by Crippen LogP contribution is 2.27. The first-order valence-electron chi connectivity index (χ1n) is 13.2. The van der Waals surface area contributed by atoms with Crippen LogP contribution < -0.4 is 10.2 Å². The number of halogens is 4. The molecular weight excluding hydrogens is 588 g/mol. The quantitative estimate of drug-likeness (QED) is 0.380. The molecule has 5 rings (SSSR count). The number of carbonyl (C=O) groups excluding carboxylic acids is 1. The first-order chi connectivity index (χ1) is 18.9. The summed E-state index contributed by atoms with van der Waals surface area (Å²) in [5.41, 5.74) is 1.94. The van der Waals surface area contributed by atoms with E-state index in [1.165, 1.54) is 18.2 Å². The minimum absolute atomic E-state index is 0.159. The van der Waals surface area contributed by atoms with E-state index in [4.69, 9.17) is 11.6 Å². The van der Waals surface area contributed by atoms with Crippen LogP contribution in [0.2, 0.25) is 5.02 Å². The molecule has 3 aromatic rings. The van der Waals surface area contributed by atoms with Gasteiger partial charge in [-0.25, -0.2) is 13.8 Å². The van der Waals surface area contributed by atoms with Crippen molar-refractivity contribution in [2.75, 3.05) is 44.2 Å². The Labute approximate surface area is 241 Å². The molecular formula is C29H31BrClF2N5O. The normalized spacial score (nSPS) is 17.4. The molecule has 6 nitrogen and oxygen atoms in total. The van der Waals surface area contributed by atoms with Crippen LogP contribution in [0.15, 0.2) is 59.2 Å². The number of piperazine rings is 1. The number of piperidine rings is 1. The highest BCUT2D eigenvalue weighted by Gasteiger charge is 2.29. The lowest BCUT2D eigenvalue weighted by Crippen LogP contribution is -2.53. The molecule has 2 aliphatic rings. The Morgan fingerprint density at radius 2 is 1.72 bits per heavy atom. The summed E-state index contributed by atoms with van der Waals surface area (Å²) in [7, 11) is 0. The Kier molecular flexibility index (Phi) is 9.12. The maximum atomic E-state index is 14.2. The predicted octanol–water partition coefficient (Wildman–Crippen LogP) is 5.49. The standard InChI is InChI=1S/C29H31BrClF2N5O/c30-23-4-3-21(27(33)16-23)19-36-9-7-25(8-10-36)37-11-13-38(14-12-37)28-26(31)15-22(18-34-28)29(39)35-17-20-1-5-24(32)6-2-20/h1-6,15-16,18,25H,7-14,17,19H2,(H,35,39). The van der Waals surface area contributed by atoms with Gasteiger partial charge in [0.05, 0.1) is 10.6 Å². The molecule has 0 radical (unpaired) electrons. The van der Waals surface area contributed by atoms with E-state index in [0.717, 1.165) is 67.7 Å². The van der Waals surface area contributed by atoms with Crippen LogP contribution in [0.4, 0.5) is 14.6 Å². The van der Waals surface area contributed by atoms with Crippen molar-refractivity contribution in [1.29, 1.82) is 0 Å². The zero-order valence-corrected chi connectivity index (χ0v) is 23.9. The average molecular weight is 619 g/mol. The molecule has 0 atom stereocenters. The van der Waals surface area contributed by atoms with Crippen LogP contribution in [-0.2, 0) is 13.1 Å². The molecule has 1 aromatic heterocycles. The summed E-state index contributed by atoms with van der Waals surface area (Å²) in [6.07, 6.45) is 3.69. The van der Waals surface area contributed by atoms with Crippen molar-refractivity contribution in [3.8, 4) is 0 Å². The number of pyridine rings is 1. The van der Waals surface area contributed by atoms with Crippen LogP contribution in [0.3, 0.4) is 0 Å². The number of rotatable bonds is 7. The monoisotopic (exact) mass is 617 g/mol. The minimum Gasteiger partial charge on any atom is -0.353 e. The van der Waals surface area contributed by atoms with Gasteiger partial charge >= 0.3 is 0 Å². The van der Waals surface area contributed by atoms with Gasteiger partial charge in [-0.2, -0.15) is 0 Å². The first kappa shape index (κ1) is 28.0. The van der Waals surface area contributed by atoms with Crippen molar-refractivity contribution in [1.82, 2.24) is 20.1 Å². The van der Waals surface area contributed by atoms with Gasteiger partial charge in [0.2, 0.25) is 0 Å². The second-order valence-electron chi connectivity index (χ2n) is 10.1. The smallest absolute Gasteiger partial charge is 0.253 e. The third kappa shape index (κ3) is 7.14. The van der Waals surface area contributed by atoms with Crippen LogP contribution >= 0.6 is 27.5 Å². The number of carbonyl (C=O) groups is 1. The minimum atomic E-state index is -0.312. The Hall–Kier alpha value is -2.59. The molecule has 1 amide bonds. The van der Waals surface area contributed by atoms with E-state index in [-0.39, 0.29) is 17.5 Å². The molecule has 10 heteroatoms. The Morgan fingerprint density at radius 3 is 2.38 bits per heavy atom. The number of anilines is 1. The second kappa shape index (κ2) is 12.7. The lowest BCUT2D eigenvalue weighted by molar-refractivity contribution is 0.0950. The van der Waals surface area contributed by atoms with Gasteiger partial charge in [-0.15, -0.1) is 0 Å². The molecule has 0 bridgehead atoms. The van der Waals surface area contributed by atoms with Gasteiger partial charge < -0.3 is 10.2 Å². The van der Waals surface area contributed by atoms with E-state index >= 15 is 0 Å².